The first kappa shape index (κ1) is 15.7. The largest absolute Gasteiger partial charge is 0.496 e. The van der Waals surface area contributed by atoms with E-state index in [4.69, 9.17) is 16.3 Å². The molecule has 0 fully saturated rings. The summed E-state index contributed by atoms with van der Waals surface area (Å²) in [7, 11) is 1.60. The Labute approximate surface area is 146 Å². The second kappa shape index (κ2) is 6.93. The second-order valence-corrected chi connectivity index (χ2v) is 5.84. The number of hydrogen-bond donors (Lipinski definition) is 1. The Balaban J connectivity index is 1.99. The zero-order valence-corrected chi connectivity index (χ0v) is 14.5. The Bertz CT molecular complexity index is 844. The van der Waals surface area contributed by atoms with Crippen molar-refractivity contribution < 1.29 is 4.74 Å². The molecule has 1 N–H and O–H groups in total. The molecule has 3 rings (SSSR count). The second-order valence-electron chi connectivity index (χ2n) is 4.59. The SMILES string of the molecule is COc1ccccc1-c1nc(Cl)nc(Nc2cccc(Br)c2)n1. The van der Waals surface area contributed by atoms with Crippen LogP contribution in [0.2, 0.25) is 5.28 Å². The third kappa shape index (κ3) is 3.78. The van der Waals surface area contributed by atoms with Gasteiger partial charge >= 0.3 is 0 Å². The van der Waals surface area contributed by atoms with E-state index in [1.165, 1.54) is 0 Å². The summed E-state index contributed by atoms with van der Waals surface area (Å²) in [5, 5.41) is 3.23. The molecule has 2 aromatic carbocycles. The van der Waals surface area contributed by atoms with Crippen molar-refractivity contribution in [3.63, 3.8) is 0 Å². The maximum atomic E-state index is 6.04. The van der Waals surface area contributed by atoms with Gasteiger partial charge in [0.1, 0.15) is 5.75 Å². The third-order valence-electron chi connectivity index (χ3n) is 3.04. The zero-order chi connectivity index (χ0) is 16.2. The lowest BCUT2D eigenvalue weighted by atomic mass is 10.2. The summed E-state index contributed by atoms with van der Waals surface area (Å²) in [6.45, 7) is 0. The van der Waals surface area contributed by atoms with Crippen LogP contribution in [0.25, 0.3) is 11.4 Å². The monoisotopic (exact) mass is 390 g/mol. The number of halogens is 2. The highest BCUT2D eigenvalue weighted by Crippen LogP contribution is 2.28. The van der Waals surface area contributed by atoms with Gasteiger partial charge in [0.15, 0.2) is 5.82 Å². The highest BCUT2D eigenvalue weighted by atomic mass is 79.9. The summed E-state index contributed by atoms with van der Waals surface area (Å²) in [5.74, 6) is 1.48. The number of ether oxygens (including phenoxy) is 1. The molecule has 7 heteroatoms. The highest BCUT2D eigenvalue weighted by Gasteiger charge is 2.12. The fourth-order valence-electron chi connectivity index (χ4n) is 2.05. The smallest absolute Gasteiger partial charge is 0.232 e. The normalized spacial score (nSPS) is 10.4. The topological polar surface area (TPSA) is 59.9 Å². The molecule has 0 atom stereocenters. The molecule has 23 heavy (non-hydrogen) atoms. The van der Waals surface area contributed by atoms with Crippen LogP contribution in [-0.4, -0.2) is 22.1 Å². The molecule has 0 spiro atoms. The number of nitrogens with zero attached hydrogens (tertiary/aromatic N) is 3. The van der Waals surface area contributed by atoms with E-state index in [1.54, 1.807) is 7.11 Å². The van der Waals surface area contributed by atoms with E-state index >= 15 is 0 Å². The molecule has 0 amide bonds. The van der Waals surface area contributed by atoms with Crippen LogP contribution >= 0.6 is 27.5 Å². The molecule has 0 bridgehead atoms. The van der Waals surface area contributed by atoms with Gasteiger partial charge < -0.3 is 10.1 Å². The van der Waals surface area contributed by atoms with Crippen molar-refractivity contribution in [3.05, 3.63) is 58.3 Å². The molecule has 0 saturated heterocycles. The van der Waals surface area contributed by atoms with Crippen LogP contribution in [0.1, 0.15) is 0 Å². The van der Waals surface area contributed by atoms with Crippen LogP contribution in [0.15, 0.2) is 53.0 Å². The Hall–Kier alpha value is -2.18. The fourth-order valence-corrected chi connectivity index (χ4v) is 2.61. The van der Waals surface area contributed by atoms with Crippen LogP contribution in [0.4, 0.5) is 11.6 Å². The molecule has 1 aromatic heterocycles. The van der Waals surface area contributed by atoms with E-state index in [2.05, 4.69) is 36.2 Å². The van der Waals surface area contributed by atoms with Gasteiger partial charge in [-0.1, -0.05) is 34.1 Å². The lowest BCUT2D eigenvalue weighted by Crippen LogP contribution is -2.02. The number of methoxy groups -OCH3 is 1. The molecular formula is C16H12BrClN4O. The lowest BCUT2D eigenvalue weighted by molar-refractivity contribution is 0.416. The van der Waals surface area contributed by atoms with E-state index in [1.807, 2.05) is 48.5 Å². The number of nitrogens with one attached hydrogen (secondary N) is 1. The number of aromatic nitrogens is 3. The summed E-state index contributed by atoms with van der Waals surface area (Å²) in [6, 6.07) is 15.2. The molecule has 0 aliphatic heterocycles. The molecule has 0 saturated carbocycles. The Morgan fingerprint density at radius 2 is 1.87 bits per heavy atom. The molecule has 0 aliphatic rings. The van der Waals surface area contributed by atoms with E-state index in [9.17, 15) is 0 Å². The van der Waals surface area contributed by atoms with Crippen LogP contribution in [0.3, 0.4) is 0 Å². The summed E-state index contributed by atoms with van der Waals surface area (Å²) in [6.07, 6.45) is 0. The summed E-state index contributed by atoms with van der Waals surface area (Å²) < 4.78 is 6.29. The van der Waals surface area contributed by atoms with Crippen molar-refractivity contribution in [2.75, 3.05) is 12.4 Å². The lowest BCUT2D eigenvalue weighted by Gasteiger charge is -2.09. The molecular weight excluding hydrogens is 380 g/mol. The van der Waals surface area contributed by atoms with Crippen molar-refractivity contribution in [2.24, 2.45) is 0 Å². The van der Waals surface area contributed by atoms with Crippen molar-refractivity contribution in [1.82, 2.24) is 15.0 Å². The molecule has 3 aromatic rings. The van der Waals surface area contributed by atoms with Gasteiger partial charge in [0.2, 0.25) is 11.2 Å². The average Bonchev–Trinajstić information content (AvgIpc) is 2.54. The summed E-state index contributed by atoms with van der Waals surface area (Å²) in [5.41, 5.74) is 1.59. The summed E-state index contributed by atoms with van der Waals surface area (Å²) >= 11 is 9.46. The van der Waals surface area contributed by atoms with Crippen LogP contribution in [-0.2, 0) is 0 Å². The molecule has 0 aliphatic carbocycles. The number of hydrogen-bond acceptors (Lipinski definition) is 5. The standard InChI is InChI=1S/C16H12BrClN4O/c1-23-13-8-3-2-7-12(13)14-20-15(18)22-16(21-14)19-11-6-4-5-10(17)9-11/h2-9H,1H3,(H,19,20,21,22). The van der Waals surface area contributed by atoms with Crippen LogP contribution < -0.4 is 10.1 Å². The first-order valence-corrected chi connectivity index (χ1v) is 7.90. The van der Waals surface area contributed by atoms with Gasteiger partial charge in [-0.3, -0.25) is 0 Å². The minimum Gasteiger partial charge on any atom is -0.496 e. The van der Waals surface area contributed by atoms with E-state index in [0.717, 1.165) is 15.7 Å². The number of para-hydroxylation sites is 1. The quantitative estimate of drug-likeness (QED) is 0.698. The van der Waals surface area contributed by atoms with Gasteiger partial charge in [-0.2, -0.15) is 15.0 Å². The highest BCUT2D eigenvalue weighted by molar-refractivity contribution is 9.10. The predicted octanol–water partition coefficient (Wildman–Crippen LogP) is 4.71. The predicted molar refractivity (Wildman–Crippen MR) is 94.2 cm³/mol. The van der Waals surface area contributed by atoms with Crippen LogP contribution in [0, 0.1) is 0 Å². The van der Waals surface area contributed by atoms with Gasteiger partial charge in [-0.15, -0.1) is 0 Å². The third-order valence-corrected chi connectivity index (χ3v) is 3.70. The van der Waals surface area contributed by atoms with Crippen molar-refractivity contribution in [1.29, 1.82) is 0 Å². The van der Waals surface area contributed by atoms with Gasteiger partial charge in [0.25, 0.3) is 0 Å². The Kier molecular flexibility index (Phi) is 4.73. The molecule has 0 unspecified atom stereocenters. The molecule has 5 nitrogen and oxygen atoms in total. The van der Waals surface area contributed by atoms with E-state index in [-0.39, 0.29) is 5.28 Å². The first-order valence-electron chi connectivity index (χ1n) is 6.73. The Morgan fingerprint density at radius 3 is 2.65 bits per heavy atom. The first-order chi connectivity index (χ1) is 11.2. The maximum absolute atomic E-state index is 6.04. The van der Waals surface area contributed by atoms with Gasteiger partial charge in [0, 0.05) is 10.2 Å². The zero-order valence-electron chi connectivity index (χ0n) is 12.1. The number of anilines is 2. The van der Waals surface area contributed by atoms with Crippen molar-refractivity contribution in [3.8, 4) is 17.1 Å². The minimum absolute atomic E-state index is 0.110. The number of benzene rings is 2. The molecule has 1 heterocycles. The van der Waals surface area contributed by atoms with Gasteiger partial charge in [-0.25, -0.2) is 0 Å². The summed E-state index contributed by atoms with van der Waals surface area (Å²) in [4.78, 5) is 12.7. The minimum atomic E-state index is 0.110. The van der Waals surface area contributed by atoms with Crippen molar-refractivity contribution in [2.45, 2.75) is 0 Å². The number of rotatable bonds is 4. The maximum Gasteiger partial charge on any atom is 0.232 e. The van der Waals surface area contributed by atoms with Crippen molar-refractivity contribution >= 4 is 39.2 Å². The van der Waals surface area contributed by atoms with Gasteiger partial charge in [0.05, 0.1) is 12.7 Å². The van der Waals surface area contributed by atoms with Gasteiger partial charge in [-0.05, 0) is 41.9 Å². The van der Waals surface area contributed by atoms with E-state index < -0.39 is 0 Å². The average molecular weight is 392 g/mol. The Morgan fingerprint density at radius 1 is 1.04 bits per heavy atom. The van der Waals surface area contributed by atoms with Crippen LogP contribution in [0.5, 0.6) is 5.75 Å². The fraction of sp³-hybridized carbons (Fsp3) is 0.0625. The molecule has 0 radical (unpaired) electrons. The van der Waals surface area contributed by atoms with E-state index in [0.29, 0.717) is 17.5 Å². The molecule has 116 valence electrons.